The minimum Gasteiger partial charge on any atom is -0.444 e. The molecule has 0 aliphatic carbocycles. The molecule has 1 aliphatic rings. The van der Waals surface area contributed by atoms with Crippen LogP contribution in [0.3, 0.4) is 0 Å². The third kappa shape index (κ3) is 3.84. The summed E-state index contributed by atoms with van der Waals surface area (Å²) in [5, 5.41) is 0. The fourth-order valence-electron chi connectivity index (χ4n) is 1.81. The van der Waals surface area contributed by atoms with E-state index < -0.39 is 5.60 Å². The summed E-state index contributed by atoms with van der Waals surface area (Å²) >= 11 is 0. The molecule has 1 heterocycles. The molecule has 1 rings (SSSR count). The Bertz CT molecular complexity index is 347. The summed E-state index contributed by atoms with van der Waals surface area (Å²) in [6, 6.07) is -0.316. The molecule has 5 nitrogen and oxygen atoms in total. The van der Waals surface area contributed by atoms with Crippen LogP contribution in [0.2, 0.25) is 0 Å². The van der Waals surface area contributed by atoms with Gasteiger partial charge in [-0.1, -0.05) is 6.58 Å². The summed E-state index contributed by atoms with van der Waals surface area (Å²) in [6.45, 7) is 10.6. The largest absolute Gasteiger partial charge is 0.444 e. The van der Waals surface area contributed by atoms with Gasteiger partial charge < -0.3 is 9.64 Å². The van der Waals surface area contributed by atoms with E-state index in [1.807, 2.05) is 32.7 Å². The highest BCUT2D eigenvalue weighted by atomic mass is 16.6. The molecule has 0 radical (unpaired) electrons. The summed E-state index contributed by atoms with van der Waals surface area (Å²) in [5.74, 6) is -0.0641. The van der Waals surface area contributed by atoms with Gasteiger partial charge >= 0.3 is 6.09 Å². The number of likely N-dealkylation sites (N-methyl/N-ethyl adjacent to an activating group) is 1. The average molecular weight is 254 g/mol. The van der Waals surface area contributed by atoms with Crippen LogP contribution in [0.1, 0.15) is 20.8 Å². The number of ether oxygens (including phenoxy) is 1. The van der Waals surface area contributed by atoms with Gasteiger partial charge in [0.25, 0.3) is 0 Å². The van der Waals surface area contributed by atoms with Crippen LogP contribution >= 0.6 is 0 Å². The van der Waals surface area contributed by atoms with Crippen molar-refractivity contribution in [2.24, 2.45) is 0 Å². The zero-order valence-electron chi connectivity index (χ0n) is 11.6. The highest BCUT2D eigenvalue weighted by Crippen LogP contribution is 2.14. The second-order valence-corrected chi connectivity index (χ2v) is 5.53. The predicted molar refractivity (Wildman–Crippen MR) is 69.4 cm³/mol. The van der Waals surface area contributed by atoms with Crippen molar-refractivity contribution in [1.82, 2.24) is 9.80 Å². The van der Waals surface area contributed by atoms with Crippen molar-refractivity contribution in [3.8, 4) is 0 Å². The van der Waals surface area contributed by atoms with Crippen LogP contribution in [0.5, 0.6) is 0 Å². The zero-order chi connectivity index (χ0) is 13.9. The van der Waals surface area contributed by atoms with E-state index in [4.69, 9.17) is 4.74 Å². The van der Waals surface area contributed by atoms with E-state index >= 15 is 0 Å². The summed E-state index contributed by atoms with van der Waals surface area (Å²) < 4.78 is 5.31. The molecule has 0 aromatic heterocycles. The molecule has 5 heteroatoms. The number of amides is 1. The third-order valence-electron chi connectivity index (χ3n) is 2.83. The van der Waals surface area contributed by atoms with E-state index in [1.54, 1.807) is 4.90 Å². The summed E-state index contributed by atoms with van der Waals surface area (Å²) in [4.78, 5) is 27.1. The minimum atomic E-state index is -0.516. The van der Waals surface area contributed by atoms with Gasteiger partial charge in [0.1, 0.15) is 5.60 Å². The second kappa shape index (κ2) is 5.52. The first kappa shape index (κ1) is 14.7. The number of carbonyl (C=O) groups excluding carboxylic acids is 2. The number of ketones is 1. The molecule has 0 aromatic rings. The van der Waals surface area contributed by atoms with Gasteiger partial charge in [-0.15, -0.1) is 0 Å². The van der Waals surface area contributed by atoms with Crippen molar-refractivity contribution in [2.75, 3.05) is 26.7 Å². The Balaban J connectivity index is 2.67. The molecule has 102 valence electrons. The highest BCUT2D eigenvalue weighted by molar-refractivity contribution is 5.94. The average Bonchev–Trinajstić information content (AvgIpc) is 2.26. The molecule has 0 spiro atoms. The standard InChI is InChI=1S/C13H22N2O3/c1-6-11(16)10-9-15(8-7-14(10)5)12(17)18-13(2,3)4/h6,10H,1,7-9H2,2-5H3. The van der Waals surface area contributed by atoms with Crippen molar-refractivity contribution in [1.29, 1.82) is 0 Å². The van der Waals surface area contributed by atoms with Crippen molar-refractivity contribution >= 4 is 11.9 Å². The molecule has 1 amide bonds. The Morgan fingerprint density at radius 2 is 1.94 bits per heavy atom. The lowest BCUT2D eigenvalue weighted by Gasteiger charge is -2.38. The zero-order valence-corrected chi connectivity index (χ0v) is 11.6. The SMILES string of the molecule is C=CC(=O)C1CN(C(=O)OC(C)(C)C)CCN1C. The first-order valence-electron chi connectivity index (χ1n) is 6.09. The van der Waals surface area contributed by atoms with E-state index in [0.29, 0.717) is 19.6 Å². The molecule has 0 aromatic carbocycles. The maximum atomic E-state index is 11.9. The molecule has 0 saturated carbocycles. The number of rotatable bonds is 2. The van der Waals surface area contributed by atoms with E-state index in [0.717, 1.165) is 0 Å². The van der Waals surface area contributed by atoms with Crippen LogP contribution in [0.4, 0.5) is 4.79 Å². The molecule has 18 heavy (non-hydrogen) atoms. The number of carbonyl (C=O) groups is 2. The molecule has 1 saturated heterocycles. The van der Waals surface area contributed by atoms with Crippen LogP contribution in [0, 0.1) is 0 Å². The molecule has 1 unspecified atom stereocenters. The molecule has 0 bridgehead atoms. The van der Waals surface area contributed by atoms with Crippen LogP contribution in [0.15, 0.2) is 12.7 Å². The van der Waals surface area contributed by atoms with Gasteiger partial charge in [0, 0.05) is 19.6 Å². The lowest BCUT2D eigenvalue weighted by atomic mass is 10.1. The Morgan fingerprint density at radius 3 is 2.44 bits per heavy atom. The molecular weight excluding hydrogens is 232 g/mol. The van der Waals surface area contributed by atoms with Gasteiger partial charge in [-0.3, -0.25) is 9.69 Å². The predicted octanol–water partition coefficient (Wildman–Crippen LogP) is 1.29. The topological polar surface area (TPSA) is 49.9 Å². The van der Waals surface area contributed by atoms with E-state index in [2.05, 4.69) is 6.58 Å². The molecular formula is C13H22N2O3. The molecule has 0 N–H and O–H groups in total. The highest BCUT2D eigenvalue weighted by Gasteiger charge is 2.32. The first-order chi connectivity index (χ1) is 8.24. The number of nitrogens with zero attached hydrogens (tertiary/aromatic N) is 2. The molecule has 1 aliphatic heterocycles. The number of piperazine rings is 1. The maximum absolute atomic E-state index is 11.9. The van der Waals surface area contributed by atoms with Gasteiger partial charge in [0.05, 0.1) is 6.04 Å². The monoisotopic (exact) mass is 254 g/mol. The van der Waals surface area contributed by atoms with Gasteiger partial charge in [-0.25, -0.2) is 4.79 Å². The van der Waals surface area contributed by atoms with E-state index in [-0.39, 0.29) is 17.9 Å². The summed E-state index contributed by atoms with van der Waals surface area (Å²) in [5.41, 5.74) is -0.516. The quantitative estimate of drug-likeness (QED) is 0.697. The maximum Gasteiger partial charge on any atom is 0.410 e. The Labute approximate surface area is 108 Å². The third-order valence-corrected chi connectivity index (χ3v) is 2.83. The first-order valence-corrected chi connectivity index (χ1v) is 6.09. The molecule has 1 fully saturated rings. The fraction of sp³-hybridized carbons (Fsp3) is 0.692. The van der Waals surface area contributed by atoms with Crippen molar-refractivity contribution in [2.45, 2.75) is 32.4 Å². The summed E-state index contributed by atoms with van der Waals surface area (Å²) in [6.07, 6.45) is 0.942. The van der Waals surface area contributed by atoms with Gasteiger partial charge in [0.15, 0.2) is 5.78 Å². The summed E-state index contributed by atoms with van der Waals surface area (Å²) in [7, 11) is 1.87. The van der Waals surface area contributed by atoms with Gasteiger partial charge in [-0.2, -0.15) is 0 Å². The lowest BCUT2D eigenvalue weighted by Crippen LogP contribution is -2.56. The van der Waals surface area contributed by atoms with E-state index in [1.165, 1.54) is 6.08 Å². The van der Waals surface area contributed by atoms with Gasteiger partial charge in [0.2, 0.25) is 0 Å². The Morgan fingerprint density at radius 1 is 1.33 bits per heavy atom. The van der Waals surface area contributed by atoms with Gasteiger partial charge in [-0.05, 0) is 33.9 Å². The second-order valence-electron chi connectivity index (χ2n) is 5.53. The van der Waals surface area contributed by atoms with Crippen molar-refractivity contribution < 1.29 is 14.3 Å². The number of hydrogen-bond donors (Lipinski definition) is 0. The molecule has 1 atom stereocenters. The Hall–Kier alpha value is -1.36. The van der Waals surface area contributed by atoms with Crippen LogP contribution in [-0.4, -0.2) is 60.0 Å². The van der Waals surface area contributed by atoms with Crippen molar-refractivity contribution in [3.05, 3.63) is 12.7 Å². The lowest BCUT2D eigenvalue weighted by molar-refractivity contribution is -0.121. The van der Waals surface area contributed by atoms with Crippen LogP contribution in [0.25, 0.3) is 0 Å². The Kier molecular flexibility index (Phi) is 4.51. The van der Waals surface area contributed by atoms with Crippen molar-refractivity contribution in [3.63, 3.8) is 0 Å². The smallest absolute Gasteiger partial charge is 0.410 e. The van der Waals surface area contributed by atoms with Crippen LogP contribution in [-0.2, 0) is 9.53 Å². The minimum absolute atomic E-state index is 0.0641. The number of hydrogen-bond acceptors (Lipinski definition) is 4. The van der Waals surface area contributed by atoms with Crippen LogP contribution < -0.4 is 0 Å². The normalized spacial score (nSPS) is 21.6. The fourth-order valence-corrected chi connectivity index (χ4v) is 1.81. The van der Waals surface area contributed by atoms with E-state index in [9.17, 15) is 9.59 Å².